The molecule has 0 radical (unpaired) electrons. The molecule has 5 heteroatoms. The fourth-order valence-electron chi connectivity index (χ4n) is 4.08. The summed E-state index contributed by atoms with van der Waals surface area (Å²) in [6.45, 7) is 4.90. The summed E-state index contributed by atoms with van der Waals surface area (Å²) in [5.74, 6) is 1.30. The number of hydrogen-bond acceptors (Lipinski definition) is 4. The highest BCUT2D eigenvalue weighted by Gasteiger charge is 2.34. The van der Waals surface area contributed by atoms with Crippen LogP contribution in [0.25, 0.3) is 11.0 Å². The molecule has 116 valence electrons. The van der Waals surface area contributed by atoms with Crippen LogP contribution < -0.4 is 5.32 Å². The Balaban J connectivity index is 1.63. The molecule has 0 spiro atoms. The predicted molar refractivity (Wildman–Crippen MR) is 88.6 cm³/mol. The van der Waals surface area contributed by atoms with E-state index in [9.17, 15) is 0 Å². The van der Waals surface area contributed by atoms with Crippen molar-refractivity contribution in [2.75, 3.05) is 13.1 Å². The van der Waals surface area contributed by atoms with E-state index in [0.717, 1.165) is 35.5 Å². The van der Waals surface area contributed by atoms with Crippen LogP contribution in [0.2, 0.25) is 0 Å². The van der Waals surface area contributed by atoms with Crippen LogP contribution in [-0.2, 0) is 6.54 Å². The quantitative estimate of drug-likeness (QED) is 0.789. The first-order chi connectivity index (χ1) is 11.3. The lowest BCUT2D eigenvalue weighted by molar-refractivity contribution is 0.454. The average Bonchev–Trinajstić information content (AvgIpc) is 3.15. The Labute approximate surface area is 134 Å². The number of nitrogens with one attached hydrogen (secondary N) is 1. The highest BCUT2D eigenvalue weighted by molar-refractivity contribution is 5.78. The van der Waals surface area contributed by atoms with Crippen molar-refractivity contribution in [2.24, 2.45) is 0 Å². The third kappa shape index (κ3) is 2.07. The summed E-state index contributed by atoms with van der Waals surface area (Å²) in [4.78, 5) is 9.72. The minimum atomic E-state index is 0.644. The molecule has 0 amide bonds. The topological polar surface area (TPSA) is 55.6 Å². The van der Waals surface area contributed by atoms with Crippen molar-refractivity contribution in [3.8, 4) is 0 Å². The molecule has 1 aliphatic carbocycles. The zero-order chi connectivity index (χ0) is 15.4. The van der Waals surface area contributed by atoms with E-state index in [1.165, 1.54) is 17.5 Å². The van der Waals surface area contributed by atoms with Gasteiger partial charge in [0.05, 0.1) is 29.0 Å². The first-order valence-electron chi connectivity index (χ1n) is 8.27. The maximum absolute atomic E-state index is 4.90. The number of rotatable bonds is 2. The van der Waals surface area contributed by atoms with E-state index in [4.69, 9.17) is 9.97 Å². The minimum Gasteiger partial charge on any atom is -0.316 e. The second-order valence-corrected chi connectivity index (χ2v) is 6.72. The molecule has 3 heterocycles. The Bertz CT molecular complexity index is 884. The first-order valence-corrected chi connectivity index (χ1v) is 8.27. The Morgan fingerprint density at radius 2 is 1.87 bits per heavy atom. The van der Waals surface area contributed by atoms with Gasteiger partial charge < -0.3 is 5.32 Å². The lowest BCUT2D eigenvalue weighted by atomic mass is 9.98. The number of nitrogens with zero attached hydrogens (tertiary/aromatic N) is 4. The van der Waals surface area contributed by atoms with Gasteiger partial charge in [-0.1, -0.05) is 0 Å². The molecule has 2 unspecified atom stereocenters. The molecule has 3 aromatic rings. The number of aromatic nitrogens is 4. The molecule has 5 rings (SSSR count). The fraction of sp³-hybridized carbons (Fsp3) is 0.389. The third-order valence-electron chi connectivity index (χ3n) is 5.24. The molecule has 2 bridgehead atoms. The van der Waals surface area contributed by atoms with Gasteiger partial charge >= 0.3 is 0 Å². The van der Waals surface area contributed by atoms with E-state index in [-0.39, 0.29) is 0 Å². The summed E-state index contributed by atoms with van der Waals surface area (Å²) in [6, 6.07) is 6.49. The molecular weight excluding hydrogens is 286 g/mol. The van der Waals surface area contributed by atoms with Crippen LogP contribution in [0.4, 0.5) is 0 Å². The lowest BCUT2D eigenvalue weighted by Crippen LogP contribution is -2.28. The number of aryl methyl sites for hydroxylation is 1. The molecule has 0 saturated carbocycles. The fourth-order valence-corrected chi connectivity index (χ4v) is 4.08. The first kappa shape index (κ1) is 13.2. The van der Waals surface area contributed by atoms with Crippen LogP contribution in [0.5, 0.6) is 0 Å². The highest BCUT2D eigenvalue weighted by Crippen LogP contribution is 2.44. The molecule has 23 heavy (non-hydrogen) atoms. The van der Waals surface area contributed by atoms with Crippen LogP contribution in [0.3, 0.4) is 0 Å². The van der Waals surface area contributed by atoms with Crippen molar-refractivity contribution in [1.29, 1.82) is 0 Å². The molecule has 1 N–H and O–H groups in total. The zero-order valence-corrected chi connectivity index (χ0v) is 13.2. The van der Waals surface area contributed by atoms with Crippen LogP contribution in [-0.4, -0.2) is 32.8 Å². The van der Waals surface area contributed by atoms with E-state index in [1.807, 2.05) is 23.9 Å². The van der Waals surface area contributed by atoms with Gasteiger partial charge in [-0.15, -0.1) is 0 Å². The summed E-state index contributed by atoms with van der Waals surface area (Å²) >= 11 is 0. The Morgan fingerprint density at radius 1 is 1.13 bits per heavy atom. The van der Waals surface area contributed by atoms with E-state index in [1.54, 1.807) is 6.20 Å². The van der Waals surface area contributed by atoms with Gasteiger partial charge in [0.25, 0.3) is 0 Å². The van der Waals surface area contributed by atoms with E-state index >= 15 is 0 Å². The van der Waals surface area contributed by atoms with E-state index in [0.29, 0.717) is 18.4 Å². The molecule has 1 fully saturated rings. The van der Waals surface area contributed by atoms with Gasteiger partial charge in [-0.25, -0.2) is 9.97 Å². The largest absolute Gasteiger partial charge is 0.316 e. The Morgan fingerprint density at radius 3 is 2.57 bits per heavy atom. The summed E-state index contributed by atoms with van der Waals surface area (Å²) < 4.78 is 1.90. The maximum Gasteiger partial charge on any atom is 0.0894 e. The molecule has 2 aromatic heterocycles. The van der Waals surface area contributed by atoms with Gasteiger partial charge in [0.2, 0.25) is 0 Å². The van der Waals surface area contributed by atoms with Crippen molar-refractivity contribution in [2.45, 2.75) is 31.7 Å². The van der Waals surface area contributed by atoms with Crippen molar-refractivity contribution in [3.05, 3.63) is 53.1 Å². The number of benzene rings is 1. The molecule has 5 nitrogen and oxygen atoms in total. The monoisotopic (exact) mass is 305 g/mol. The van der Waals surface area contributed by atoms with Crippen molar-refractivity contribution in [1.82, 2.24) is 25.1 Å². The smallest absolute Gasteiger partial charge is 0.0894 e. The van der Waals surface area contributed by atoms with Crippen LogP contribution in [0.1, 0.15) is 40.8 Å². The summed E-state index contributed by atoms with van der Waals surface area (Å²) in [5.41, 5.74) is 7.01. The SMILES string of the molecule is Cc1nc2cc3c(cc2nc1Cn1cccn1)C1CNCC3C1. The Hall–Kier alpha value is -2.27. The summed E-state index contributed by atoms with van der Waals surface area (Å²) in [7, 11) is 0. The standard InChI is InChI=1S/C18H19N5/c1-11-18(10-23-4-2-3-20-23)22-17-7-15-13-5-12(8-19-9-13)14(15)6-16(17)21-11/h2-4,6-7,12-13,19H,5,8-10H2,1H3. The van der Waals surface area contributed by atoms with Crippen molar-refractivity contribution in [3.63, 3.8) is 0 Å². The normalized spacial score (nSPS) is 22.5. The van der Waals surface area contributed by atoms with Crippen molar-refractivity contribution < 1.29 is 0 Å². The zero-order valence-electron chi connectivity index (χ0n) is 13.2. The highest BCUT2D eigenvalue weighted by atomic mass is 15.3. The van der Waals surface area contributed by atoms with Crippen LogP contribution >= 0.6 is 0 Å². The van der Waals surface area contributed by atoms with E-state index in [2.05, 4.69) is 22.5 Å². The molecule has 1 aromatic carbocycles. The van der Waals surface area contributed by atoms with Gasteiger partial charge in [0.1, 0.15) is 0 Å². The molecule has 2 aliphatic rings. The number of fused-ring (bicyclic) bond motifs is 6. The van der Waals surface area contributed by atoms with Crippen LogP contribution in [0.15, 0.2) is 30.6 Å². The lowest BCUT2D eigenvalue weighted by Gasteiger charge is -2.19. The second kappa shape index (κ2) is 4.86. The van der Waals surface area contributed by atoms with Gasteiger partial charge in [0, 0.05) is 25.5 Å². The van der Waals surface area contributed by atoms with Gasteiger partial charge in [0.15, 0.2) is 0 Å². The molecule has 1 saturated heterocycles. The third-order valence-corrected chi connectivity index (χ3v) is 5.24. The second-order valence-electron chi connectivity index (χ2n) is 6.72. The van der Waals surface area contributed by atoms with Crippen molar-refractivity contribution >= 4 is 11.0 Å². The molecule has 2 atom stereocenters. The summed E-state index contributed by atoms with van der Waals surface area (Å²) in [6.07, 6.45) is 5.03. The predicted octanol–water partition coefficient (Wildman–Crippen LogP) is 2.36. The van der Waals surface area contributed by atoms with E-state index < -0.39 is 0 Å². The number of hydrogen-bond donors (Lipinski definition) is 1. The summed E-state index contributed by atoms with van der Waals surface area (Å²) in [5, 5.41) is 7.82. The number of piperidine rings is 1. The molecular formula is C18H19N5. The maximum atomic E-state index is 4.90. The molecule has 1 aliphatic heterocycles. The Kier molecular flexibility index (Phi) is 2.79. The van der Waals surface area contributed by atoms with Gasteiger partial charge in [-0.2, -0.15) is 5.10 Å². The van der Waals surface area contributed by atoms with Gasteiger partial charge in [-0.05, 0) is 54.5 Å². The van der Waals surface area contributed by atoms with Crippen LogP contribution in [0, 0.1) is 6.92 Å². The average molecular weight is 305 g/mol. The minimum absolute atomic E-state index is 0.644. The van der Waals surface area contributed by atoms with Gasteiger partial charge in [-0.3, -0.25) is 4.68 Å².